The Morgan fingerprint density at radius 3 is 1.97 bits per heavy atom. The second kappa shape index (κ2) is 7.23. The smallest absolute Gasteiger partial charge is 0.0616 e. The lowest BCUT2D eigenvalue weighted by molar-refractivity contribution is 0.407. The van der Waals surface area contributed by atoms with Gasteiger partial charge in [0.25, 0.3) is 0 Å². The van der Waals surface area contributed by atoms with Gasteiger partial charge in [-0.2, -0.15) is 0 Å². The number of rotatable bonds is 3. The molecule has 155 valence electrons. The SMILES string of the molecule is C[Si]1(C)C2=C(C3CCCCC3)[CH]c3ccc1c(-c1ccc(C4CCCCC4)cc1)c32. The molecule has 2 saturated carbocycles. The van der Waals surface area contributed by atoms with E-state index in [9.17, 15) is 0 Å². The molecular weight excluding hydrogens is 376 g/mol. The van der Waals surface area contributed by atoms with E-state index in [1.54, 1.807) is 32.6 Å². The topological polar surface area (TPSA) is 0 Å². The van der Waals surface area contributed by atoms with E-state index in [0.717, 1.165) is 11.8 Å². The van der Waals surface area contributed by atoms with Crippen molar-refractivity contribution in [3.63, 3.8) is 0 Å². The Hall–Kier alpha value is -1.60. The molecule has 2 aromatic rings. The Bertz CT molecular complexity index is 995. The van der Waals surface area contributed by atoms with Gasteiger partial charge in [0.2, 0.25) is 0 Å². The molecule has 1 heteroatoms. The van der Waals surface area contributed by atoms with Crippen molar-refractivity contribution >= 4 is 18.5 Å². The summed E-state index contributed by atoms with van der Waals surface area (Å²) in [4.78, 5) is 0. The Morgan fingerprint density at radius 1 is 0.667 bits per heavy atom. The van der Waals surface area contributed by atoms with E-state index in [1.165, 1.54) is 75.3 Å². The van der Waals surface area contributed by atoms with Gasteiger partial charge in [-0.15, -0.1) is 0 Å². The van der Waals surface area contributed by atoms with Gasteiger partial charge in [-0.3, -0.25) is 0 Å². The van der Waals surface area contributed by atoms with E-state index in [4.69, 9.17) is 0 Å². The monoisotopic (exact) mass is 411 g/mol. The van der Waals surface area contributed by atoms with Gasteiger partial charge in [-0.25, -0.2) is 0 Å². The maximum Gasteiger partial charge on any atom is 0.113 e. The van der Waals surface area contributed by atoms with Crippen LogP contribution in [0.3, 0.4) is 0 Å². The van der Waals surface area contributed by atoms with Crippen LogP contribution in [0.2, 0.25) is 13.1 Å². The number of hydrogen-bond donors (Lipinski definition) is 0. The highest BCUT2D eigenvalue weighted by molar-refractivity contribution is 7.07. The van der Waals surface area contributed by atoms with E-state index >= 15 is 0 Å². The average molecular weight is 412 g/mol. The van der Waals surface area contributed by atoms with Crippen LogP contribution in [-0.2, 0) is 0 Å². The first-order chi connectivity index (χ1) is 14.6. The molecule has 1 radical (unpaired) electrons. The first kappa shape index (κ1) is 19.1. The minimum Gasteiger partial charge on any atom is -0.0616 e. The third-order valence-electron chi connectivity index (χ3n) is 8.71. The Labute approximate surface area is 183 Å². The van der Waals surface area contributed by atoms with E-state index in [1.807, 2.05) is 0 Å². The van der Waals surface area contributed by atoms with Crippen LogP contribution in [-0.4, -0.2) is 8.07 Å². The number of benzene rings is 2. The fourth-order valence-electron chi connectivity index (χ4n) is 7.11. The molecule has 0 amide bonds. The highest BCUT2D eigenvalue weighted by atomic mass is 28.3. The molecule has 0 atom stereocenters. The van der Waals surface area contributed by atoms with Crippen LogP contribution in [0.15, 0.2) is 42.0 Å². The van der Waals surface area contributed by atoms with Crippen LogP contribution >= 0.6 is 0 Å². The first-order valence-corrected chi connectivity index (χ1v) is 15.5. The van der Waals surface area contributed by atoms with Crippen molar-refractivity contribution in [1.82, 2.24) is 0 Å². The van der Waals surface area contributed by atoms with Gasteiger partial charge in [0, 0.05) is 6.42 Å². The molecule has 0 unspecified atom stereocenters. The Kier molecular flexibility index (Phi) is 4.60. The Balaban J connectivity index is 1.42. The van der Waals surface area contributed by atoms with Gasteiger partial charge in [0.1, 0.15) is 8.07 Å². The van der Waals surface area contributed by atoms with Crippen molar-refractivity contribution in [1.29, 1.82) is 0 Å². The molecule has 2 bridgehead atoms. The lowest BCUT2D eigenvalue weighted by Crippen LogP contribution is -2.40. The van der Waals surface area contributed by atoms with Gasteiger partial charge in [-0.1, -0.05) is 93.6 Å². The second-order valence-electron chi connectivity index (χ2n) is 10.8. The standard InChI is InChI=1S/C29H35Si/c1-30(2)26-18-17-24-19-25(22-11-7-4-8-12-22)29(30)28(24)27(26)23-15-13-21(14-16-23)20-9-5-3-6-10-20/h13-20,22H,3-12H2,1-2H3. The van der Waals surface area contributed by atoms with E-state index in [2.05, 4.69) is 55.9 Å². The normalized spacial score (nSPS) is 23.4. The van der Waals surface area contributed by atoms with Gasteiger partial charge >= 0.3 is 0 Å². The van der Waals surface area contributed by atoms with Crippen LogP contribution in [0.4, 0.5) is 0 Å². The minimum atomic E-state index is -1.61. The molecule has 4 aliphatic rings. The highest BCUT2D eigenvalue weighted by Gasteiger charge is 2.46. The minimum absolute atomic E-state index is 0.798. The Morgan fingerprint density at radius 2 is 1.30 bits per heavy atom. The number of fused-ring (bicyclic) bond motifs is 1. The van der Waals surface area contributed by atoms with Gasteiger partial charge < -0.3 is 0 Å². The van der Waals surface area contributed by atoms with E-state index in [-0.39, 0.29) is 0 Å². The molecule has 0 spiro atoms. The first-order valence-electron chi connectivity index (χ1n) is 12.5. The fraction of sp³-hybridized carbons (Fsp3) is 0.483. The molecular formula is C29H35Si. The lowest BCUT2D eigenvalue weighted by Gasteiger charge is -2.28. The van der Waals surface area contributed by atoms with Crippen LogP contribution in [0, 0.1) is 12.3 Å². The summed E-state index contributed by atoms with van der Waals surface area (Å²) in [7, 11) is -1.61. The summed E-state index contributed by atoms with van der Waals surface area (Å²) < 4.78 is 0. The predicted octanol–water partition coefficient (Wildman–Crippen LogP) is 7.77. The highest BCUT2D eigenvalue weighted by Crippen LogP contribution is 2.53. The summed E-state index contributed by atoms with van der Waals surface area (Å²) in [6, 6.07) is 14.7. The molecule has 30 heavy (non-hydrogen) atoms. The van der Waals surface area contributed by atoms with Crippen molar-refractivity contribution in [2.75, 3.05) is 0 Å². The van der Waals surface area contributed by atoms with Crippen molar-refractivity contribution in [3.05, 3.63) is 65.1 Å². The summed E-state index contributed by atoms with van der Waals surface area (Å²) in [5.41, 5.74) is 9.53. The molecule has 0 aromatic heterocycles. The molecule has 6 rings (SSSR count). The summed E-state index contributed by atoms with van der Waals surface area (Å²) in [6.45, 7) is 5.21. The fourth-order valence-corrected chi connectivity index (χ4v) is 10.7. The summed E-state index contributed by atoms with van der Waals surface area (Å²) in [6.07, 6.45) is 16.7. The van der Waals surface area contributed by atoms with Crippen molar-refractivity contribution in [2.45, 2.75) is 83.2 Å². The van der Waals surface area contributed by atoms with Crippen LogP contribution in [0.1, 0.15) is 86.8 Å². The summed E-state index contributed by atoms with van der Waals surface area (Å²) in [5.74, 6) is 1.61. The number of hydrogen-bond acceptors (Lipinski definition) is 0. The van der Waals surface area contributed by atoms with Gasteiger partial charge in [0.05, 0.1) is 0 Å². The maximum atomic E-state index is 2.61. The van der Waals surface area contributed by atoms with Crippen molar-refractivity contribution in [2.24, 2.45) is 5.92 Å². The van der Waals surface area contributed by atoms with Crippen LogP contribution in [0.5, 0.6) is 0 Å². The van der Waals surface area contributed by atoms with Gasteiger partial charge in [0.15, 0.2) is 0 Å². The third kappa shape index (κ3) is 2.84. The zero-order valence-corrected chi connectivity index (χ0v) is 19.8. The van der Waals surface area contributed by atoms with Crippen LogP contribution < -0.4 is 5.19 Å². The quantitative estimate of drug-likeness (QED) is 0.452. The maximum absolute atomic E-state index is 2.61. The molecule has 0 saturated heterocycles. The lowest BCUT2D eigenvalue weighted by atomic mass is 9.83. The average Bonchev–Trinajstić information content (AvgIpc) is 3.26. The molecule has 1 heterocycles. The van der Waals surface area contributed by atoms with E-state index < -0.39 is 8.07 Å². The molecule has 0 N–H and O–H groups in total. The summed E-state index contributed by atoms with van der Waals surface area (Å²) in [5, 5.41) is 3.49. The van der Waals surface area contributed by atoms with Crippen molar-refractivity contribution in [3.8, 4) is 11.1 Å². The zero-order chi connectivity index (χ0) is 20.3. The third-order valence-corrected chi connectivity index (χ3v) is 12.3. The van der Waals surface area contributed by atoms with Crippen LogP contribution in [0.25, 0.3) is 16.3 Å². The molecule has 2 fully saturated rings. The summed E-state index contributed by atoms with van der Waals surface area (Å²) >= 11 is 0. The van der Waals surface area contributed by atoms with Gasteiger partial charge in [-0.05, 0) is 75.7 Å². The predicted molar refractivity (Wildman–Crippen MR) is 132 cm³/mol. The van der Waals surface area contributed by atoms with Crippen molar-refractivity contribution < 1.29 is 0 Å². The largest absolute Gasteiger partial charge is 0.113 e. The molecule has 2 aromatic carbocycles. The zero-order valence-electron chi connectivity index (χ0n) is 18.8. The number of allylic oxidation sites excluding steroid dienone is 1. The molecule has 0 nitrogen and oxygen atoms in total. The molecule has 3 aliphatic carbocycles. The molecule has 1 aliphatic heterocycles. The van der Waals surface area contributed by atoms with E-state index in [0.29, 0.717) is 0 Å². The second-order valence-corrected chi connectivity index (χ2v) is 15.1.